The van der Waals surface area contributed by atoms with E-state index in [0.29, 0.717) is 0 Å². The number of amides is 1. The second-order valence-corrected chi connectivity index (χ2v) is 9.57. The van der Waals surface area contributed by atoms with Crippen LogP contribution in [-0.4, -0.2) is 22.4 Å². The fraction of sp³-hybridized carbons (Fsp3) is 0.172. The third-order valence-electron chi connectivity index (χ3n) is 6.09. The number of amidine groups is 1. The number of carbonyl (C=O) groups is 1. The third-order valence-corrected chi connectivity index (χ3v) is 6.89. The van der Waals surface area contributed by atoms with Crippen LogP contribution in [0.5, 0.6) is 0 Å². The predicted molar refractivity (Wildman–Crippen MR) is 150 cm³/mol. The molecule has 180 valence electrons. The van der Waals surface area contributed by atoms with E-state index in [4.69, 9.17) is 9.98 Å². The van der Waals surface area contributed by atoms with Gasteiger partial charge in [0.1, 0.15) is 0 Å². The summed E-state index contributed by atoms with van der Waals surface area (Å²) in [5.41, 5.74) is 5.74. The molecule has 0 radical (unpaired) electrons. The summed E-state index contributed by atoms with van der Waals surface area (Å²) in [5, 5.41) is 3.86. The van der Waals surface area contributed by atoms with Crippen LogP contribution in [0, 0.1) is 5.92 Å². The first-order chi connectivity index (χ1) is 17.6. The summed E-state index contributed by atoms with van der Waals surface area (Å²) in [6.45, 7) is 3.70. The minimum absolute atomic E-state index is 0.0871. The molecule has 5 rings (SSSR count). The molecule has 1 amide bonds. The second-order valence-electron chi connectivity index (χ2n) is 8.69. The minimum Gasteiger partial charge on any atom is -0.326 e. The number of benzene rings is 3. The average molecular weight is 494 g/mol. The molecule has 4 aromatic rings. The van der Waals surface area contributed by atoms with Crippen molar-refractivity contribution in [3.05, 3.63) is 90.6 Å². The number of anilines is 1. The highest BCUT2D eigenvalue weighted by atomic mass is 32.2. The number of para-hydroxylation sites is 1. The van der Waals surface area contributed by atoms with Crippen molar-refractivity contribution in [1.82, 2.24) is 9.71 Å². The van der Waals surface area contributed by atoms with E-state index >= 15 is 0 Å². The molecule has 6 nitrogen and oxygen atoms in total. The summed E-state index contributed by atoms with van der Waals surface area (Å²) in [4.78, 5) is 26.9. The van der Waals surface area contributed by atoms with Crippen LogP contribution in [0.25, 0.3) is 10.9 Å². The lowest BCUT2D eigenvalue weighted by atomic mass is 9.92. The van der Waals surface area contributed by atoms with Crippen molar-refractivity contribution in [3.8, 4) is 0 Å². The van der Waals surface area contributed by atoms with Crippen molar-refractivity contribution < 1.29 is 4.79 Å². The number of carbonyl (C=O) groups excluding carboxylic acids is 1. The van der Waals surface area contributed by atoms with Gasteiger partial charge in [0.15, 0.2) is 5.84 Å². The Morgan fingerprint density at radius 3 is 2.69 bits per heavy atom. The van der Waals surface area contributed by atoms with Crippen molar-refractivity contribution in [2.45, 2.75) is 31.6 Å². The first-order valence-corrected chi connectivity index (χ1v) is 12.8. The zero-order valence-corrected chi connectivity index (χ0v) is 21.0. The van der Waals surface area contributed by atoms with Gasteiger partial charge >= 0.3 is 0 Å². The normalized spacial score (nSPS) is 16.2. The van der Waals surface area contributed by atoms with Crippen LogP contribution in [0.15, 0.2) is 99.9 Å². The largest absolute Gasteiger partial charge is 0.326 e. The quantitative estimate of drug-likeness (QED) is 0.297. The molecule has 2 N–H and O–H groups in total. The average Bonchev–Trinajstić information content (AvgIpc) is 3.04. The van der Waals surface area contributed by atoms with Gasteiger partial charge in [0, 0.05) is 35.0 Å². The Morgan fingerprint density at radius 2 is 1.89 bits per heavy atom. The van der Waals surface area contributed by atoms with E-state index in [9.17, 15) is 4.79 Å². The Kier molecular flexibility index (Phi) is 7.09. The maximum atomic E-state index is 11.3. The van der Waals surface area contributed by atoms with E-state index in [1.165, 1.54) is 24.4 Å². The molecule has 0 saturated carbocycles. The molecule has 0 saturated heterocycles. The molecule has 1 aliphatic rings. The van der Waals surface area contributed by atoms with Gasteiger partial charge in [-0.3, -0.25) is 9.78 Å². The lowest BCUT2D eigenvalue weighted by molar-refractivity contribution is -0.114. The number of hydrogen-bond donors (Lipinski definition) is 2. The van der Waals surface area contributed by atoms with Gasteiger partial charge in [0.2, 0.25) is 5.91 Å². The SMILES string of the molecule is CCC1Cc2ccccc2N=C(NSc2ccc(NC(C)=O)cc2)C1=Nc1ccc2ncccc2c1. The zero-order valence-electron chi connectivity index (χ0n) is 20.2. The summed E-state index contributed by atoms with van der Waals surface area (Å²) < 4.78 is 3.49. The Bertz CT molecular complexity index is 1460. The molecule has 1 aliphatic heterocycles. The Hall–Kier alpha value is -3.97. The van der Waals surface area contributed by atoms with Crippen LogP contribution < -0.4 is 10.0 Å². The number of aromatic nitrogens is 1. The maximum absolute atomic E-state index is 11.3. The highest BCUT2D eigenvalue weighted by Crippen LogP contribution is 2.31. The number of nitrogens with zero attached hydrogens (tertiary/aromatic N) is 3. The molecule has 0 aliphatic carbocycles. The van der Waals surface area contributed by atoms with Gasteiger partial charge in [0.25, 0.3) is 0 Å². The summed E-state index contributed by atoms with van der Waals surface area (Å²) >= 11 is 1.48. The van der Waals surface area contributed by atoms with Crippen LogP contribution in [0.4, 0.5) is 17.1 Å². The number of fused-ring (bicyclic) bond motifs is 2. The lowest BCUT2D eigenvalue weighted by Gasteiger charge is -2.18. The summed E-state index contributed by atoms with van der Waals surface area (Å²) in [7, 11) is 0. The van der Waals surface area contributed by atoms with E-state index in [0.717, 1.165) is 57.2 Å². The number of pyridine rings is 1. The molecule has 0 bridgehead atoms. The molecule has 3 aromatic carbocycles. The first-order valence-electron chi connectivity index (χ1n) is 12.0. The van der Waals surface area contributed by atoms with Gasteiger partial charge in [0.05, 0.1) is 22.6 Å². The van der Waals surface area contributed by atoms with Gasteiger partial charge < -0.3 is 10.0 Å². The zero-order chi connectivity index (χ0) is 24.9. The topological polar surface area (TPSA) is 78.7 Å². The second kappa shape index (κ2) is 10.7. The van der Waals surface area contributed by atoms with Crippen molar-refractivity contribution in [3.63, 3.8) is 0 Å². The molecular formula is C29H27N5OS. The van der Waals surface area contributed by atoms with Crippen LogP contribution in [-0.2, 0) is 11.2 Å². The molecule has 0 fully saturated rings. The molecule has 1 atom stereocenters. The van der Waals surface area contributed by atoms with Crippen LogP contribution in [0.2, 0.25) is 0 Å². The van der Waals surface area contributed by atoms with Crippen LogP contribution in [0.3, 0.4) is 0 Å². The molecular weight excluding hydrogens is 466 g/mol. The van der Waals surface area contributed by atoms with Crippen LogP contribution >= 0.6 is 11.9 Å². The summed E-state index contributed by atoms with van der Waals surface area (Å²) in [6, 6.07) is 26.1. The van der Waals surface area contributed by atoms with E-state index in [-0.39, 0.29) is 11.8 Å². The van der Waals surface area contributed by atoms with Gasteiger partial charge in [-0.15, -0.1) is 0 Å². The van der Waals surface area contributed by atoms with Crippen LogP contribution in [0.1, 0.15) is 25.8 Å². The van der Waals surface area contributed by atoms with E-state index in [1.807, 2.05) is 48.5 Å². The summed E-state index contributed by atoms with van der Waals surface area (Å²) in [6.07, 6.45) is 3.63. The fourth-order valence-corrected chi connectivity index (χ4v) is 4.91. The predicted octanol–water partition coefficient (Wildman–Crippen LogP) is 6.88. The number of nitrogens with one attached hydrogen (secondary N) is 2. The van der Waals surface area contributed by atoms with E-state index in [2.05, 4.69) is 52.3 Å². The van der Waals surface area contributed by atoms with E-state index in [1.54, 1.807) is 6.20 Å². The van der Waals surface area contributed by atoms with Gasteiger partial charge in [-0.1, -0.05) is 31.2 Å². The molecule has 1 aromatic heterocycles. The highest BCUT2D eigenvalue weighted by Gasteiger charge is 2.25. The molecule has 2 heterocycles. The van der Waals surface area contributed by atoms with E-state index < -0.39 is 0 Å². The third kappa shape index (κ3) is 5.47. The Morgan fingerprint density at radius 1 is 1.06 bits per heavy atom. The number of hydrogen-bond acceptors (Lipinski definition) is 6. The van der Waals surface area contributed by atoms with Crippen molar-refractivity contribution in [2.24, 2.45) is 15.9 Å². The summed E-state index contributed by atoms with van der Waals surface area (Å²) in [5.74, 6) is 0.886. The molecule has 0 spiro atoms. The van der Waals surface area contributed by atoms with Gasteiger partial charge in [-0.25, -0.2) is 9.98 Å². The number of aliphatic imine (C=N–C) groups is 2. The maximum Gasteiger partial charge on any atom is 0.221 e. The molecule has 1 unspecified atom stereocenters. The number of rotatable bonds is 5. The lowest BCUT2D eigenvalue weighted by Crippen LogP contribution is -2.32. The molecule has 7 heteroatoms. The smallest absolute Gasteiger partial charge is 0.221 e. The Balaban J connectivity index is 1.50. The highest BCUT2D eigenvalue weighted by molar-refractivity contribution is 7.98. The van der Waals surface area contributed by atoms with Crippen molar-refractivity contribution in [2.75, 3.05) is 5.32 Å². The minimum atomic E-state index is -0.0871. The van der Waals surface area contributed by atoms with Gasteiger partial charge in [-0.05, 0) is 85.0 Å². The van der Waals surface area contributed by atoms with Crippen molar-refractivity contribution >= 4 is 57.4 Å². The fourth-order valence-electron chi connectivity index (χ4n) is 4.27. The van der Waals surface area contributed by atoms with Gasteiger partial charge in [-0.2, -0.15) is 0 Å². The monoisotopic (exact) mass is 493 g/mol. The Labute approximate surface area is 215 Å². The standard InChI is InChI=1S/C29H27N5OS/c1-3-20-17-21-7-4-5-9-27(21)33-29(34-36-25-13-10-23(11-14-25)31-19(2)35)28(20)32-24-12-15-26-22(18-24)8-6-16-30-26/h4-16,18,20H,3,17H2,1-2H3,(H,31,35)(H,33,34). The van der Waals surface area contributed by atoms with Crippen molar-refractivity contribution in [1.29, 1.82) is 0 Å². The molecule has 36 heavy (non-hydrogen) atoms. The first kappa shape index (κ1) is 23.8.